The molecule has 0 unspecified atom stereocenters. The molecule has 0 aliphatic carbocycles. The molecular formula is C24H18N2O8Zn. The van der Waals surface area contributed by atoms with Crippen LogP contribution in [0, 0.1) is 0 Å². The number of carbonyl (C=O) groups is 6. The molecule has 0 radical (unpaired) electrons. The van der Waals surface area contributed by atoms with Crippen molar-refractivity contribution in [2.75, 3.05) is 9.80 Å². The first-order chi connectivity index (χ1) is 16.0. The molecular weight excluding hydrogens is 510 g/mol. The van der Waals surface area contributed by atoms with Crippen molar-refractivity contribution in [1.29, 1.82) is 0 Å². The van der Waals surface area contributed by atoms with E-state index in [1.54, 1.807) is 13.8 Å². The average Bonchev–Trinajstić information content (AvgIpc) is 3.20. The number of hydrogen-bond donors (Lipinski definition) is 2. The first kappa shape index (κ1) is 27.0. The van der Waals surface area contributed by atoms with Crippen LogP contribution in [0.3, 0.4) is 0 Å². The number of nitrogens with zero attached hydrogens (tertiary/aromatic N) is 2. The Morgan fingerprint density at radius 2 is 0.886 bits per heavy atom. The van der Waals surface area contributed by atoms with Gasteiger partial charge in [-0.05, 0) is 62.4 Å². The van der Waals surface area contributed by atoms with E-state index >= 15 is 0 Å². The molecule has 2 heterocycles. The number of hydrogen-bond acceptors (Lipinski definition) is 6. The summed E-state index contributed by atoms with van der Waals surface area (Å²) >= 11 is 0. The van der Waals surface area contributed by atoms with Crippen molar-refractivity contribution in [1.82, 2.24) is 0 Å². The minimum absolute atomic E-state index is 0. The Balaban J connectivity index is 0.000000240. The van der Waals surface area contributed by atoms with Crippen molar-refractivity contribution in [3.05, 3.63) is 83.0 Å². The van der Waals surface area contributed by atoms with Gasteiger partial charge in [-0.15, -0.1) is 0 Å². The van der Waals surface area contributed by atoms with E-state index in [4.69, 9.17) is 10.2 Å². The van der Waals surface area contributed by atoms with Gasteiger partial charge in [-0.3, -0.25) is 19.2 Å². The third-order valence-electron chi connectivity index (χ3n) is 4.95. The first-order valence-corrected chi connectivity index (χ1v) is 9.81. The van der Waals surface area contributed by atoms with E-state index in [1.807, 2.05) is 0 Å². The number of imide groups is 2. The van der Waals surface area contributed by atoms with Gasteiger partial charge in [0.05, 0.1) is 22.5 Å². The summed E-state index contributed by atoms with van der Waals surface area (Å²) in [4.78, 5) is 69.7. The van der Waals surface area contributed by atoms with Gasteiger partial charge in [0, 0.05) is 42.8 Å². The number of benzene rings is 2. The number of rotatable bonds is 4. The van der Waals surface area contributed by atoms with E-state index in [-0.39, 0.29) is 42.4 Å². The minimum Gasteiger partial charge on any atom is -0.478 e. The monoisotopic (exact) mass is 526 g/mol. The number of carboxylic acid groups (broad SMARTS) is 2. The summed E-state index contributed by atoms with van der Waals surface area (Å²) in [5.41, 5.74) is 1.71. The summed E-state index contributed by atoms with van der Waals surface area (Å²) in [6.45, 7) is 3.12. The van der Waals surface area contributed by atoms with Crippen LogP contribution in [0.25, 0.3) is 0 Å². The maximum absolute atomic E-state index is 11.7. The Bertz CT molecular complexity index is 1190. The van der Waals surface area contributed by atoms with Gasteiger partial charge in [0.1, 0.15) is 0 Å². The molecule has 4 rings (SSSR count). The van der Waals surface area contributed by atoms with Gasteiger partial charge in [-0.2, -0.15) is 0 Å². The zero-order valence-electron chi connectivity index (χ0n) is 18.7. The summed E-state index contributed by atoms with van der Waals surface area (Å²) < 4.78 is 0. The first-order valence-electron chi connectivity index (χ1n) is 9.81. The van der Waals surface area contributed by atoms with Gasteiger partial charge in [0.15, 0.2) is 0 Å². The summed E-state index contributed by atoms with van der Waals surface area (Å²) in [6, 6.07) is 11.2. The molecule has 0 aromatic heterocycles. The molecule has 2 N–H and O–H groups in total. The van der Waals surface area contributed by atoms with Gasteiger partial charge >= 0.3 is 11.9 Å². The predicted molar refractivity (Wildman–Crippen MR) is 119 cm³/mol. The van der Waals surface area contributed by atoms with Crippen molar-refractivity contribution < 1.29 is 58.5 Å². The van der Waals surface area contributed by atoms with Crippen LogP contribution in [0.4, 0.5) is 11.4 Å². The summed E-state index contributed by atoms with van der Waals surface area (Å²) in [5, 5.41) is 17.5. The smallest absolute Gasteiger partial charge is 0.335 e. The number of aromatic carboxylic acids is 2. The molecule has 10 nitrogen and oxygen atoms in total. The summed E-state index contributed by atoms with van der Waals surface area (Å²) in [5.74, 6) is -3.67. The Labute approximate surface area is 211 Å². The summed E-state index contributed by atoms with van der Waals surface area (Å²) in [7, 11) is 0. The molecule has 2 aromatic carbocycles. The van der Waals surface area contributed by atoms with Crippen LogP contribution < -0.4 is 9.80 Å². The zero-order valence-corrected chi connectivity index (χ0v) is 21.7. The van der Waals surface area contributed by atoms with Crippen LogP contribution in [0.2, 0.25) is 0 Å². The quantitative estimate of drug-likeness (QED) is 0.455. The molecule has 35 heavy (non-hydrogen) atoms. The normalized spacial score (nSPS) is 14.7. The largest absolute Gasteiger partial charge is 0.478 e. The van der Waals surface area contributed by atoms with Crippen LogP contribution in [0.5, 0.6) is 0 Å². The van der Waals surface area contributed by atoms with Crippen molar-refractivity contribution >= 4 is 46.9 Å². The van der Waals surface area contributed by atoms with Crippen LogP contribution in [0.1, 0.15) is 34.6 Å². The molecule has 0 fully saturated rings. The van der Waals surface area contributed by atoms with Crippen molar-refractivity contribution in [3.8, 4) is 0 Å². The predicted octanol–water partition coefficient (Wildman–Crippen LogP) is 2.41. The zero-order chi connectivity index (χ0) is 25.2. The minimum atomic E-state index is -1.05. The third kappa shape index (κ3) is 5.64. The van der Waals surface area contributed by atoms with Crippen LogP contribution in [0.15, 0.2) is 71.8 Å². The van der Waals surface area contributed by atoms with Crippen molar-refractivity contribution in [2.45, 2.75) is 13.8 Å². The SMILES string of the molecule is CC1=CC(=O)N(c2ccc(C(=O)O)cc2)C1=O.CC1=CC(=O)N(c2ccc(C(=O)O)cc2)C1=O.[Zn]. The Kier molecular flexibility index (Phi) is 8.33. The average molecular weight is 528 g/mol. The van der Waals surface area contributed by atoms with Crippen molar-refractivity contribution in [2.24, 2.45) is 0 Å². The molecule has 4 amide bonds. The fourth-order valence-corrected chi connectivity index (χ4v) is 3.17. The third-order valence-corrected chi connectivity index (χ3v) is 4.95. The van der Waals surface area contributed by atoms with Gasteiger partial charge in [0.2, 0.25) is 0 Å². The van der Waals surface area contributed by atoms with Crippen LogP contribution in [-0.2, 0) is 38.7 Å². The molecule has 2 aliphatic heterocycles. The maximum atomic E-state index is 11.7. The van der Waals surface area contributed by atoms with Crippen LogP contribution in [-0.4, -0.2) is 45.8 Å². The number of carboxylic acids is 2. The second-order valence-electron chi connectivity index (χ2n) is 7.32. The van der Waals surface area contributed by atoms with Gasteiger partial charge < -0.3 is 10.2 Å². The topological polar surface area (TPSA) is 149 Å². The second-order valence-corrected chi connectivity index (χ2v) is 7.32. The Morgan fingerprint density at radius 1 is 0.600 bits per heavy atom. The van der Waals surface area contributed by atoms with Crippen LogP contribution >= 0.6 is 0 Å². The van der Waals surface area contributed by atoms with Gasteiger partial charge in [-0.25, -0.2) is 19.4 Å². The van der Waals surface area contributed by atoms with E-state index in [1.165, 1.54) is 60.7 Å². The van der Waals surface area contributed by atoms with E-state index < -0.39 is 23.8 Å². The summed E-state index contributed by atoms with van der Waals surface area (Å²) in [6.07, 6.45) is 2.51. The Hall–Kier alpha value is -4.24. The number of anilines is 2. The molecule has 0 saturated carbocycles. The van der Waals surface area contributed by atoms with E-state index in [9.17, 15) is 28.8 Å². The standard InChI is InChI=1S/2C12H9NO4.Zn/c2*1-7-6-10(14)13(11(7)15)9-4-2-8(3-5-9)12(16)17;/h2*2-6H,1H3,(H,16,17);. The Morgan fingerprint density at radius 3 is 1.09 bits per heavy atom. The van der Waals surface area contributed by atoms with E-state index in [0.717, 1.165) is 9.80 Å². The fraction of sp³-hybridized carbons (Fsp3) is 0.0833. The second kappa shape index (κ2) is 10.8. The van der Waals surface area contributed by atoms with Crippen molar-refractivity contribution in [3.63, 3.8) is 0 Å². The van der Waals surface area contributed by atoms with E-state index in [0.29, 0.717) is 22.5 Å². The fourth-order valence-electron chi connectivity index (χ4n) is 3.17. The molecule has 2 aromatic rings. The maximum Gasteiger partial charge on any atom is 0.335 e. The molecule has 2 aliphatic rings. The number of amides is 4. The van der Waals surface area contributed by atoms with Gasteiger partial charge in [0.25, 0.3) is 23.6 Å². The molecule has 0 atom stereocenters. The molecule has 11 heteroatoms. The number of carbonyl (C=O) groups excluding carboxylic acids is 4. The van der Waals surface area contributed by atoms with E-state index in [2.05, 4.69) is 0 Å². The molecule has 0 bridgehead atoms. The molecule has 174 valence electrons. The van der Waals surface area contributed by atoms with Gasteiger partial charge in [-0.1, -0.05) is 0 Å². The molecule has 0 spiro atoms. The molecule has 0 saturated heterocycles.